The predicted octanol–water partition coefficient (Wildman–Crippen LogP) is 4.80. The van der Waals surface area contributed by atoms with Gasteiger partial charge in [0.25, 0.3) is 5.91 Å². The Balaban J connectivity index is 1.65. The molecule has 6 heteroatoms. The lowest BCUT2D eigenvalue weighted by Gasteiger charge is -2.18. The minimum Gasteiger partial charge on any atom is -0.494 e. The largest absolute Gasteiger partial charge is 0.494 e. The Hall–Kier alpha value is -2.60. The highest BCUT2D eigenvalue weighted by Gasteiger charge is 2.26. The summed E-state index contributed by atoms with van der Waals surface area (Å²) in [6.45, 7) is 5.04. The van der Waals surface area contributed by atoms with E-state index in [1.165, 1.54) is 17.4 Å². The highest BCUT2D eigenvalue weighted by molar-refractivity contribution is 7.17. The molecule has 1 aliphatic rings. The molecule has 3 N–H and O–H groups in total. The third kappa shape index (κ3) is 5.48. The maximum atomic E-state index is 12.4. The molecule has 1 aromatic carbocycles. The number of unbranched alkanes of at least 4 members (excludes halogenated alkanes) is 1. The number of ether oxygens (including phenoxy) is 1. The van der Waals surface area contributed by atoms with Crippen LogP contribution in [0.3, 0.4) is 0 Å². The molecule has 0 aliphatic heterocycles. The number of nitrogens with one attached hydrogen (secondary N) is 1. The van der Waals surface area contributed by atoms with Crippen LogP contribution < -0.4 is 15.8 Å². The Kier molecular flexibility index (Phi) is 7.09. The fraction of sp³-hybridized carbons (Fsp3) is 0.391. The third-order valence-corrected chi connectivity index (χ3v) is 6.24. The number of carbonyl (C=O) groups is 2. The number of hydrogen-bond donors (Lipinski definition) is 2. The zero-order chi connectivity index (χ0) is 20.8. The molecule has 0 fully saturated rings. The first kappa shape index (κ1) is 21.1. The quantitative estimate of drug-likeness (QED) is 0.482. The molecule has 0 bridgehead atoms. The van der Waals surface area contributed by atoms with Gasteiger partial charge in [0, 0.05) is 11.0 Å². The molecule has 1 unspecified atom stereocenters. The Labute approximate surface area is 176 Å². The third-order valence-electron chi connectivity index (χ3n) is 5.07. The van der Waals surface area contributed by atoms with E-state index in [1.54, 1.807) is 6.08 Å². The molecular weight excluding hydrogens is 384 g/mol. The van der Waals surface area contributed by atoms with E-state index in [-0.39, 0.29) is 5.91 Å². The molecule has 0 radical (unpaired) electrons. The predicted molar refractivity (Wildman–Crippen MR) is 119 cm³/mol. The van der Waals surface area contributed by atoms with Crippen molar-refractivity contribution in [3.05, 3.63) is 51.9 Å². The van der Waals surface area contributed by atoms with Crippen LogP contribution >= 0.6 is 11.3 Å². The molecule has 154 valence electrons. The number of benzene rings is 1. The van der Waals surface area contributed by atoms with Gasteiger partial charge in [-0.3, -0.25) is 9.59 Å². The number of anilines is 1. The molecule has 0 spiro atoms. The number of hydrogen-bond acceptors (Lipinski definition) is 4. The van der Waals surface area contributed by atoms with Crippen molar-refractivity contribution in [3.63, 3.8) is 0 Å². The van der Waals surface area contributed by atoms with Gasteiger partial charge in [-0.15, -0.1) is 11.3 Å². The first-order valence-corrected chi connectivity index (χ1v) is 11.0. The number of amides is 2. The summed E-state index contributed by atoms with van der Waals surface area (Å²) in [5.74, 6) is 0.654. The first-order chi connectivity index (χ1) is 14.0. The van der Waals surface area contributed by atoms with Crippen LogP contribution in [0.2, 0.25) is 0 Å². The molecule has 1 heterocycles. The topological polar surface area (TPSA) is 81.4 Å². The van der Waals surface area contributed by atoms with Crippen LogP contribution in [-0.2, 0) is 17.6 Å². The van der Waals surface area contributed by atoms with Gasteiger partial charge in [0.15, 0.2) is 0 Å². The minimum absolute atomic E-state index is 0.276. The van der Waals surface area contributed by atoms with Crippen LogP contribution in [0, 0.1) is 5.92 Å². The van der Waals surface area contributed by atoms with Crippen molar-refractivity contribution >= 4 is 34.2 Å². The summed E-state index contributed by atoms with van der Waals surface area (Å²) in [5, 5.41) is 3.41. The van der Waals surface area contributed by atoms with Crippen molar-refractivity contribution in [1.82, 2.24) is 0 Å². The van der Waals surface area contributed by atoms with E-state index in [2.05, 4.69) is 19.2 Å². The van der Waals surface area contributed by atoms with Gasteiger partial charge in [0.2, 0.25) is 5.91 Å². The van der Waals surface area contributed by atoms with Gasteiger partial charge in [-0.25, -0.2) is 0 Å². The van der Waals surface area contributed by atoms with E-state index >= 15 is 0 Å². The van der Waals surface area contributed by atoms with E-state index in [0.717, 1.165) is 53.9 Å². The van der Waals surface area contributed by atoms with Crippen molar-refractivity contribution in [3.8, 4) is 5.75 Å². The second kappa shape index (κ2) is 9.74. The van der Waals surface area contributed by atoms with Crippen LogP contribution in [0.15, 0.2) is 30.3 Å². The molecule has 2 amide bonds. The SMILES string of the molecule is CCCCOc1ccc(C=CC(=O)Nc2sc3c(c2C(N)=O)CCC(C)C3)cc1. The number of carbonyl (C=O) groups excluding carboxylic acids is 2. The fourth-order valence-electron chi connectivity index (χ4n) is 3.43. The summed E-state index contributed by atoms with van der Waals surface area (Å²) in [5.41, 5.74) is 7.99. The molecule has 3 rings (SSSR count). The van der Waals surface area contributed by atoms with Gasteiger partial charge in [-0.2, -0.15) is 0 Å². The molecule has 0 saturated heterocycles. The Morgan fingerprint density at radius 3 is 2.76 bits per heavy atom. The number of rotatable bonds is 8. The molecule has 5 nitrogen and oxygen atoms in total. The van der Waals surface area contributed by atoms with Crippen molar-refractivity contribution in [2.75, 3.05) is 11.9 Å². The molecule has 1 atom stereocenters. The van der Waals surface area contributed by atoms with E-state index in [0.29, 0.717) is 23.1 Å². The van der Waals surface area contributed by atoms with Crippen molar-refractivity contribution in [2.24, 2.45) is 11.7 Å². The summed E-state index contributed by atoms with van der Waals surface area (Å²) in [7, 11) is 0. The summed E-state index contributed by atoms with van der Waals surface area (Å²) in [4.78, 5) is 25.5. The number of nitrogens with two attached hydrogens (primary N) is 1. The highest BCUT2D eigenvalue weighted by atomic mass is 32.1. The monoisotopic (exact) mass is 412 g/mol. The summed E-state index contributed by atoms with van der Waals surface area (Å²) >= 11 is 1.47. The van der Waals surface area contributed by atoms with Gasteiger partial charge in [0.1, 0.15) is 10.8 Å². The lowest BCUT2D eigenvalue weighted by Crippen LogP contribution is -2.18. The highest BCUT2D eigenvalue weighted by Crippen LogP contribution is 2.39. The van der Waals surface area contributed by atoms with Gasteiger partial charge < -0.3 is 15.8 Å². The second-order valence-corrected chi connectivity index (χ2v) is 8.62. The second-order valence-electron chi connectivity index (χ2n) is 7.51. The van der Waals surface area contributed by atoms with E-state index in [9.17, 15) is 9.59 Å². The molecular formula is C23H28N2O3S. The summed E-state index contributed by atoms with van der Waals surface area (Å²) in [6, 6.07) is 7.61. The summed E-state index contributed by atoms with van der Waals surface area (Å²) < 4.78 is 5.64. The van der Waals surface area contributed by atoms with Crippen LogP contribution in [0.1, 0.15) is 59.5 Å². The van der Waals surface area contributed by atoms with Gasteiger partial charge >= 0.3 is 0 Å². The maximum absolute atomic E-state index is 12.4. The van der Waals surface area contributed by atoms with Gasteiger partial charge in [0.05, 0.1) is 12.2 Å². The van der Waals surface area contributed by atoms with Crippen LogP contribution in [0.4, 0.5) is 5.00 Å². The van der Waals surface area contributed by atoms with E-state index in [4.69, 9.17) is 10.5 Å². The van der Waals surface area contributed by atoms with E-state index < -0.39 is 5.91 Å². The van der Waals surface area contributed by atoms with Crippen molar-refractivity contribution in [2.45, 2.75) is 46.0 Å². The molecule has 1 aromatic heterocycles. The smallest absolute Gasteiger partial charge is 0.251 e. The minimum atomic E-state index is -0.477. The number of thiophene rings is 1. The van der Waals surface area contributed by atoms with Crippen LogP contribution in [0.25, 0.3) is 6.08 Å². The molecule has 0 saturated carbocycles. The standard InChI is InChI=1S/C23H28N2O3S/c1-3-4-13-28-17-9-6-16(7-10-17)8-12-20(26)25-23-21(22(24)27)18-11-5-15(2)14-19(18)29-23/h6-10,12,15H,3-5,11,13-14H2,1-2H3,(H2,24,27)(H,25,26). The zero-order valence-corrected chi connectivity index (χ0v) is 17.8. The molecule has 29 heavy (non-hydrogen) atoms. The Bertz CT molecular complexity index is 900. The molecule has 2 aromatic rings. The summed E-state index contributed by atoms with van der Waals surface area (Å²) in [6.07, 6.45) is 8.14. The average Bonchev–Trinajstić information content (AvgIpc) is 3.04. The van der Waals surface area contributed by atoms with Crippen molar-refractivity contribution in [1.29, 1.82) is 0 Å². The molecule has 1 aliphatic carbocycles. The van der Waals surface area contributed by atoms with E-state index in [1.807, 2.05) is 24.3 Å². The zero-order valence-electron chi connectivity index (χ0n) is 17.0. The van der Waals surface area contributed by atoms with Gasteiger partial charge in [-0.05, 0) is 60.9 Å². The fourth-order valence-corrected chi connectivity index (χ4v) is 4.85. The number of primary amides is 1. The number of fused-ring (bicyclic) bond motifs is 1. The maximum Gasteiger partial charge on any atom is 0.251 e. The lowest BCUT2D eigenvalue weighted by atomic mass is 9.88. The first-order valence-electron chi connectivity index (χ1n) is 10.1. The lowest BCUT2D eigenvalue weighted by molar-refractivity contribution is -0.111. The normalized spacial score (nSPS) is 15.9. The van der Waals surface area contributed by atoms with Crippen LogP contribution in [-0.4, -0.2) is 18.4 Å². The Morgan fingerprint density at radius 2 is 2.07 bits per heavy atom. The van der Waals surface area contributed by atoms with Crippen LogP contribution in [0.5, 0.6) is 5.75 Å². The average molecular weight is 413 g/mol. The van der Waals surface area contributed by atoms with Gasteiger partial charge in [-0.1, -0.05) is 32.4 Å². The Morgan fingerprint density at radius 1 is 1.31 bits per heavy atom. The van der Waals surface area contributed by atoms with Crippen molar-refractivity contribution < 1.29 is 14.3 Å².